The van der Waals surface area contributed by atoms with Gasteiger partial charge in [0, 0.05) is 29.3 Å². The fourth-order valence-corrected chi connectivity index (χ4v) is 2.05. The van der Waals surface area contributed by atoms with Crippen molar-refractivity contribution in [1.82, 2.24) is 5.43 Å². The van der Waals surface area contributed by atoms with Crippen LogP contribution in [0.3, 0.4) is 0 Å². The van der Waals surface area contributed by atoms with Crippen LogP contribution < -0.4 is 5.43 Å². The Labute approximate surface area is 154 Å². The van der Waals surface area contributed by atoms with Crippen LogP contribution in [0.25, 0.3) is 0 Å². The predicted octanol–water partition coefficient (Wildman–Crippen LogP) is 4.22. The first-order valence-electron chi connectivity index (χ1n) is 8.71. The minimum Gasteiger partial charge on any atom is -0.508 e. The molecule has 0 saturated heterocycles. The van der Waals surface area contributed by atoms with Gasteiger partial charge >= 0.3 is 0 Å². The van der Waals surface area contributed by atoms with Gasteiger partial charge in [-0.25, -0.2) is 5.43 Å². The number of amides is 1. The highest BCUT2D eigenvalue weighted by Crippen LogP contribution is 2.18. The van der Waals surface area contributed by atoms with E-state index in [1.54, 1.807) is 54.7 Å². The van der Waals surface area contributed by atoms with Crippen LogP contribution in [0.5, 0.6) is 5.75 Å². The van der Waals surface area contributed by atoms with Crippen LogP contribution >= 0.6 is 0 Å². The molecule has 0 unspecified atom stereocenters. The Bertz CT molecular complexity index is 750. The van der Waals surface area contributed by atoms with Crippen molar-refractivity contribution < 1.29 is 14.7 Å². The van der Waals surface area contributed by atoms with Crippen molar-refractivity contribution in [2.45, 2.75) is 34.1 Å². The molecule has 0 heterocycles. The Kier molecular flexibility index (Phi) is 8.78. The van der Waals surface area contributed by atoms with Crippen LogP contribution in [0, 0.1) is 5.92 Å². The summed E-state index contributed by atoms with van der Waals surface area (Å²) in [5.74, 6) is -0.0996. The van der Waals surface area contributed by atoms with Gasteiger partial charge in [-0.2, -0.15) is 5.10 Å². The summed E-state index contributed by atoms with van der Waals surface area (Å²) < 4.78 is 0. The second kappa shape index (κ2) is 10.8. The summed E-state index contributed by atoms with van der Waals surface area (Å²) in [5, 5.41) is 13.6. The first-order chi connectivity index (χ1) is 12.5. The van der Waals surface area contributed by atoms with Gasteiger partial charge in [0.05, 0.1) is 0 Å². The van der Waals surface area contributed by atoms with Gasteiger partial charge < -0.3 is 5.11 Å². The lowest BCUT2D eigenvalue weighted by atomic mass is 10.0. The van der Waals surface area contributed by atoms with Crippen molar-refractivity contribution in [3.63, 3.8) is 0 Å². The van der Waals surface area contributed by atoms with Gasteiger partial charge in [-0.05, 0) is 24.1 Å². The topological polar surface area (TPSA) is 78.8 Å². The molecular formula is C21H26N2O3. The number of hydrogen-bond donors (Lipinski definition) is 2. The molecular weight excluding hydrogens is 328 g/mol. The molecule has 5 nitrogen and oxygen atoms in total. The molecule has 2 aromatic carbocycles. The van der Waals surface area contributed by atoms with E-state index in [1.165, 1.54) is 0 Å². The summed E-state index contributed by atoms with van der Waals surface area (Å²) in [6.45, 7) is 7.92. The molecule has 26 heavy (non-hydrogen) atoms. The Hall–Kier alpha value is -2.95. The van der Waals surface area contributed by atoms with E-state index < -0.39 is 0 Å². The smallest absolute Gasteiger partial charge is 0.271 e. The van der Waals surface area contributed by atoms with Crippen LogP contribution in [0.15, 0.2) is 53.6 Å². The third-order valence-electron chi connectivity index (χ3n) is 3.35. The number of phenols is 1. The zero-order chi connectivity index (χ0) is 19.5. The SMILES string of the molecule is CC.CC(C)/C=N/NC(=O)c1ccc(C(=O)Cc2ccccc2O)cc1. The fourth-order valence-electron chi connectivity index (χ4n) is 2.05. The highest BCUT2D eigenvalue weighted by atomic mass is 16.3. The number of aromatic hydroxyl groups is 1. The third kappa shape index (κ3) is 6.51. The van der Waals surface area contributed by atoms with E-state index in [0.717, 1.165) is 0 Å². The molecule has 0 atom stereocenters. The molecule has 0 bridgehead atoms. The van der Waals surface area contributed by atoms with Gasteiger partial charge in [0.15, 0.2) is 5.78 Å². The van der Waals surface area contributed by atoms with Gasteiger partial charge in [-0.3, -0.25) is 9.59 Å². The predicted molar refractivity (Wildman–Crippen MR) is 105 cm³/mol. The number of para-hydroxylation sites is 1. The average Bonchev–Trinajstić information content (AvgIpc) is 2.65. The van der Waals surface area contributed by atoms with Crippen molar-refractivity contribution >= 4 is 17.9 Å². The van der Waals surface area contributed by atoms with Crippen LogP contribution in [0.2, 0.25) is 0 Å². The third-order valence-corrected chi connectivity index (χ3v) is 3.35. The van der Waals surface area contributed by atoms with E-state index >= 15 is 0 Å². The van der Waals surface area contributed by atoms with E-state index in [4.69, 9.17) is 0 Å². The molecule has 2 N–H and O–H groups in total. The molecule has 0 aromatic heterocycles. The summed E-state index contributed by atoms with van der Waals surface area (Å²) in [6.07, 6.45) is 1.75. The van der Waals surface area contributed by atoms with E-state index in [-0.39, 0.29) is 29.8 Å². The van der Waals surface area contributed by atoms with Crippen LogP contribution in [-0.4, -0.2) is 23.0 Å². The first kappa shape index (κ1) is 21.1. The first-order valence-corrected chi connectivity index (χ1v) is 8.71. The lowest BCUT2D eigenvalue weighted by Gasteiger charge is -2.05. The number of nitrogens with zero attached hydrogens (tertiary/aromatic N) is 1. The van der Waals surface area contributed by atoms with Crippen LogP contribution in [-0.2, 0) is 6.42 Å². The van der Waals surface area contributed by atoms with Gasteiger partial charge in [0.1, 0.15) is 5.75 Å². The minimum atomic E-state index is -0.327. The number of ketones is 1. The second-order valence-corrected chi connectivity index (χ2v) is 5.77. The Balaban J connectivity index is 0.00000163. The number of nitrogens with one attached hydrogen (secondary N) is 1. The number of phenolic OH excluding ortho intramolecular Hbond substituents is 1. The van der Waals surface area contributed by atoms with E-state index in [9.17, 15) is 14.7 Å². The maximum atomic E-state index is 12.3. The summed E-state index contributed by atoms with van der Waals surface area (Å²) in [4.78, 5) is 24.2. The minimum absolute atomic E-state index is 0.102. The second-order valence-electron chi connectivity index (χ2n) is 5.77. The molecule has 0 aliphatic heterocycles. The van der Waals surface area contributed by atoms with E-state index in [1.807, 2.05) is 27.7 Å². The number of hydrazone groups is 1. The largest absolute Gasteiger partial charge is 0.508 e. The Morgan fingerprint density at radius 1 is 1.04 bits per heavy atom. The quantitative estimate of drug-likeness (QED) is 0.463. The lowest BCUT2D eigenvalue weighted by Crippen LogP contribution is -2.18. The number of rotatable bonds is 6. The van der Waals surface area contributed by atoms with Crippen molar-refractivity contribution in [2.75, 3.05) is 0 Å². The maximum absolute atomic E-state index is 12.3. The van der Waals surface area contributed by atoms with E-state index in [0.29, 0.717) is 16.7 Å². The summed E-state index contributed by atoms with van der Waals surface area (Å²) in [6, 6.07) is 13.1. The zero-order valence-electron chi connectivity index (χ0n) is 15.7. The van der Waals surface area contributed by atoms with Crippen molar-refractivity contribution in [1.29, 1.82) is 0 Å². The number of Topliss-reactive ketones (excluding diaryl/α,β-unsaturated/α-hetero) is 1. The fraction of sp³-hybridized carbons (Fsp3) is 0.286. The van der Waals surface area contributed by atoms with Crippen molar-refractivity contribution in [3.05, 3.63) is 65.2 Å². The highest BCUT2D eigenvalue weighted by Gasteiger charge is 2.11. The molecule has 0 aliphatic rings. The molecule has 0 saturated carbocycles. The summed E-state index contributed by atoms with van der Waals surface area (Å²) in [5.41, 5.74) is 3.93. The molecule has 138 valence electrons. The number of carbonyl (C=O) groups is 2. The van der Waals surface area contributed by atoms with Crippen LogP contribution in [0.1, 0.15) is 54.0 Å². The Morgan fingerprint density at radius 3 is 2.19 bits per heavy atom. The van der Waals surface area contributed by atoms with Gasteiger partial charge in [0.2, 0.25) is 0 Å². The lowest BCUT2D eigenvalue weighted by molar-refractivity contribution is 0.0951. The molecule has 2 aromatic rings. The van der Waals surface area contributed by atoms with Gasteiger partial charge in [-0.15, -0.1) is 0 Å². The van der Waals surface area contributed by atoms with Crippen molar-refractivity contribution in [2.24, 2.45) is 11.0 Å². The summed E-state index contributed by atoms with van der Waals surface area (Å²) in [7, 11) is 0. The monoisotopic (exact) mass is 354 g/mol. The van der Waals surface area contributed by atoms with Crippen LogP contribution in [0.4, 0.5) is 0 Å². The molecule has 5 heteroatoms. The number of benzene rings is 2. The maximum Gasteiger partial charge on any atom is 0.271 e. The summed E-state index contributed by atoms with van der Waals surface area (Å²) >= 11 is 0. The molecule has 0 fully saturated rings. The molecule has 0 aliphatic carbocycles. The number of carbonyl (C=O) groups excluding carboxylic acids is 2. The zero-order valence-corrected chi connectivity index (χ0v) is 15.7. The average molecular weight is 354 g/mol. The highest BCUT2D eigenvalue weighted by molar-refractivity contribution is 5.99. The molecule has 0 spiro atoms. The standard InChI is InChI=1S/C19H20N2O3.C2H6/c1-13(2)12-20-21-19(24)15-9-7-14(8-10-15)18(23)11-16-5-3-4-6-17(16)22;1-2/h3-10,12-13,22H,11H2,1-2H3,(H,21,24);1-2H3/b20-12+;. The van der Waals surface area contributed by atoms with E-state index in [2.05, 4.69) is 10.5 Å². The Morgan fingerprint density at radius 2 is 1.62 bits per heavy atom. The van der Waals surface area contributed by atoms with Gasteiger partial charge in [0.25, 0.3) is 5.91 Å². The molecule has 1 amide bonds. The molecule has 2 rings (SSSR count). The number of hydrogen-bond acceptors (Lipinski definition) is 4. The molecule has 0 radical (unpaired) electrons. The van der Waals surface area contributed by atoms with Gasteiger partial charge in [-0.1, -0.05) is 58.0 Å². The van der Waals surface area contributed by atoms with Crippen molar-refractivity contribution in [3.8, 4) is 5.75 Å². The normalized spacial score (nSPS) is 10.3.